The molecule has 2 aromatic carbocycles. The molecule has 1 aliphatic heterocycles. The lowest BCUT2D eigenvalue weighted by atomic mass is 10.0. The zero-order chi connectivity index (χ0) is 21.4. The molecule has 2 N–H and O–H groups in total. The number of hydrogen-bond acceptors (Lipinski definition) is 6. The van der Waals surface area contributed by atoms with Gasteiger partial charge in [0.15, 0.2) is 11.0 Å². The Hall–Kier alpha value is -2.45. The van der Waals surface area contributed by atoms with Crippen LogP contribution >= 0.6 is 23.2 Å². The molecule has 0 radical (unpaired) electrons. The van der Waals surface area contributed by atoms with Crippen LogP contribution in [0.2, 0.25) is 10.2 Å². The molecule has 9 heteroatoms. The molecule has 156 valence electrons. The molecule has 1 aliphatic rings. The normalized spacial score (nSPS) is 16.1. The maximum atomic E-state index is 14.4. The molecule has 1 fully saturated rings. The van der Waals surface area contributed by atoms with Gasteiger partial charge in [-0.3, -0.25) is 4.90 Å². The van der Waals surface area contributed by atoms with Gasteiger partial charge in [-0.1, -0.05) is 35.8 Å². The second-order valence-electron chi connectivity index (χ2n) is 7.00. The Morgan fingerprint density at radius 2 is 1.83 bits per heavy atom. The van der Waals surface area contributed by atoms with Gasteiger partial charge in [-0.2, -0.15) is 0 Å². The molecule has 30 heavy (non-hydrogen) atoms. The highest BCUT2D eigenvalue weighted by Gasteiger charge is 2.24. The molecule has 6 nitrogen and oxygen atoms in total. The fourth-order valence-corrected chi connectivity index (χ4v) is 4.13. The molecule has 0 spiro atoms. The van der Waals surface area contributed by atoms with E-state index < -0.39 is 12.0 Å². The van der Waals surface area contributed by atoms with Gasteiger partial charge in [0.05, 0.1) is 5.56 Å². The highest BCUT2D eigenvalue weighted by Crippen LogP contribution is 2.41. The van der Waals surface area contributed by atoms with Crippen molar-refractivity contribution in [2.45, 2.75) is 6.23 Å². The van der Waals surface area contributed by atoms with Gasteiger partial charge in [0.25, 0.3) is 0 Å². The van der Waals surface area contributed by atoms with Crippen LogP contribution in [0.15, 0.2) is 43.0 Å². The number of nitrogens with zero attached hydrogens (tertiary/aromatic N) is 4. The number of benzene rings is 2. The number of aliphatic hydroxyl groups is 1. The van der Waals surface area contributed by atoms with Gasteiger partial charge in [-0.25, -0.2) is 4.39 Å². The van der Waals surface area contributed by atoms with Crippen molar-refractivity contribution in [3.8, 4) is 16.9 Å². The molecule has 4 rings (SSSR count). The van der Waals surface area contributed by atoms with Crippen molar-refractivity contribution in [3.63, 3.8) is 0 Å². The van der Waals surface area contributed by atoms with Crippen LogP contribution in [0.3, 0.4) is 0 Å². The first-order valence-electron chi connectivity index (χ1n) is 9.33. The molecule has 0 bridgehead atoms. The number of anilines is 1. The first-order valence-corrected chi connectivity index (χ1v) is 10.1. The number of rotatable bonds is 4. The van der Waals surface area contributed by atoms with Crippen LogP contribution in [0.1, 0.15) is 0 Å². The summed E-state index contributed by atoms with van der Waals surface area (Å²) >= 11 is 12.8. The van der Waals surface area contributed by atoms with Gasteiger partial charge >= 0.3 is 0 Å². The summed E-state index contributed by atoms with van der Waals surface area (Å²) in [6, 6.07) is 7.36. The number of fused-ring (bicyclic) bond motifs is 1. The Morgan fingerprint density at radius 1 is 1.10 bits per heavy atom. The number of phenols is 1. The zero-order valence-corrected chi connectivity index (χ0v) is 17.4. The van der Waals surface area contributed by atoms with Crippen LogP contribution < -0.4 is 4.90 Å². The van der Waals surface area contributed by atoms with Crippen molar-refractivity contribution >= 4 is 39.8 Å². The van der Waals surface area contributed by atoms with Gasteiger partial charge < -0.3 is 15.1 Å². The standard InChI is InChI=1S/C21H19Cl2FN4O2/c1-2-18(30)27-6-8-28(9-7-27)21-13-11-15(22)14(10-12(13)20(23)25-26-21)19-16(24)4-3-5-17(19)29/h2-5,10-11,18,29-30H,1,6-9H2. The Morgan fingerprint density at radius 3 is 2.50 bits per heavy atom. The van der Waals surface area contributed by atoms with Crippen molar-refractivity contribution in [1.29, 1.82) is 0 Å². The number of aliphatic hydroxyl groups excluding tert-OH is 1. The van der Waals surface area contributed by atoms with E-state index in [2.05, 4.69) is 16.8 Å². The average molecular weight is 449 g/mol. The third kappa shape index (κ3) is 3.70. The molecule has 2 heterocycles. The number of hydrogen-bond donors (Lipinski definition) is 2. The number of piperazine rings is 1. The predicted octanol–water partition coefficient (Wildman–Crippen LogP) is 4.07. The zero-order valence-electron chi connectivity index (χ0n) is 15.9. The molecule has 1 unspecified atom stereocenters. The Bertz CT molecular complexity index is 1100. The Labute approximate surface area is 182 Å². The van der Waals surface area contributed by atoms with E-state index in [1.807, 2.05) is 9.80 Å². The second-order valence-corrected chi connectivity index (χ2v) is 7.76. The van der Waals surface area contributed by atoms with E-state index in [4.69, 9.17) is 23.2 Å². The molecule has 0 saturated carbocycles. The van der Waals surface area contributed by atoms with Crippen molar-refractivity contribution in [2.24, 2.45) is 0 Å². The number of aromatic hydroxyl groups is 1. The van der Waals surface area contributed by atoms with E-state index in [0.717, 1.165) is 0 Å². The summed E-state index contributed by atoms with van der Waals surface area (Å²) in [4.78, 5) is 3.94. The third-order valence-electron chi connectivity index (χ3n) is 5.26. The summed E-state index contributed by atoms with van der Waals surface area (Å²) in [7, 11) is 0. The summed E-state index contributed by atoms with van der Waals surface area (Å²) in [6.45, 7) is 6.09. The lowest BCUT2D eigenvalue weighted by Crippen LogP contribution is -2.50. The maximum absolute atomic E-state index is 14.4. The van der Waals surface area contributed by atoms with Gasteiger partial charge in [-0.15, -0.1) is 10.2 Å². The van der Waals surface area contributed by atoms with Gasteiger partial charge in [-0.05, 0) is 30.3 Å². The highest BCUT2D eigenvalue weighted by atomic mass is 35.5. The van der Waals surface area contributed by atoms with E-state index in [1.165, 1.54) is 24.3 Å². The number of halogens is 3. The molecule has 3 aromatic rings. The summed E-state index contributed by atoms with van der Waals surface area (Å²) in [5.74, 6) is -0.202. The molecule has 0 aliphatic carbocycles. The van der Waals surface area contributed by atoms with Crippen molar-refractivity contribution in [3.05, 3.63) is 59.0 Å². The van der Waals surface area contributed by atoms with Crippen LogP contribution in [-0.4, -0.2) is 57.7 Å². The lowest BCUT2D eigenvalue weighted by molar-refractivity contribution is 0.0380. The van der Waals surface area contributed by atoms with Crippen LogP contribution in [0, 0.1) is 5.82 Å². The lowest BCUT2D eigenvalue weighted by Gasteiger charge is -2.37. The Kier molecular flexibility index (Phi) is 5.79. The minimum Gasteiger partial charge on any atom is -0.507 e. The summed E-state index contributed by atoms with van der Waals surface area (Å²) < 4.78 is 14.4. The molecule has 1 aromatic heterocycles. The molecule has 1 atom stereocenters. The SMILES string of the molecule is C=CC(O)N1CCN(c2nnc(Cl)c3cc(-c4c(O)cccc4F)c(Cl)cc23)CC1. The molecule has 1 saturated heterocycles. The van der Waals surface area contributed by atoms with E-state index >= 15 is 0 Å². The minimum atomic E-state index is -0.689. The molecular weight excluding hydrogens is 430 g/mol. The van der Waals surface area contributed by atoms with Gasteiger partial charge in [0, 0.05) is 47.5 Å². The van der Waals surface area contributed by atoms with E-state index in [9.17, 15) is 14.6 Å². The van der Waals surface area contributed by atoms with Crippen molar-refractivity contribution < 1.29 is 14.6 Å². The maximum Gasteiger partial charge on any atom is 0.159 e. The summed E-state index contributed by atoms with van der Waals surface area (Å²) in [6.07, 6.45) is 0.803. The second kappa shape index (κ2) is 8.35. The van der Waals surface area contributed by atoms with Crippen LogP contribution in [0.4, 0.5) is 10.2 Å². The average Bonchev–Trinajstić information content (AvgIpc) is 2.74. The predicted molar refractivity (Wildman–Crippen MR) is 117 cm³/mol. The molecule has 0 amide bonds. The first-order chi connectivity index (χ1) is 14.4. The fourth-order valence-electron chi connectivity index (χ4n) is 3.68. The Balaban J connectivity index is 1.77. The largest absolute Gasteiger partial charge is 0.507 e. The smallest absolute Gasteiger partial charge is 0.159 e. The van der Waals surface area contributed by atoms with E-state index in [1.54, 1.807) is 12.1 Å². The van der Waals surface area contributed by atoms with Crippen molar-refractivity contribution in [1.82, 2.24) is 15.1 Å². The number of aromatic nitrogens is 2. The first kappa shape index (κ1) is 20.8. The number of phenolic OH excluding ortho intramolecular Hbond substituents is 1. The van der Waals surface area contributed by atoms with Crippen LogP contribution in [0.5, 0.6) is 5.75 Å². The van der Waals surface area contributed by atoms with Crippen LogP contribution in [-0.2, 0) is 0 Å². The van der Waals surface area contributed by atoms with Crippen LogP contribution in [0.25, 0.3) is 21.9 Å². The minimum absolute atomic E-state index is 0.00542. The third-order valence-corrected chi connectivity index (χ3v) is 5.85. The van der Waals surface area contributed by atoms with Gasteiger partial charge in [0.1, 0.15) is 17.8 Å². The van der Waals surface area contributed by atoms with E-state index in [0.29, 0.717) is 48.3 Å². The molecular formula is C21H19Cl2FN4O2. The highest BCUT2D eigenvalue weighted by molar-refractivity contribution is 6.37. The van der Waals surface area contributed by atoms with Crippen molar-refractivity contribution in [2.75, 3.05) is 31.1 Å². The monoisotopic (exact) mass is 448 g/mol. The topological polar surface area (TPSA) is 72.7 Å². The quantitative estimate of drug-likeness (QED) is 0.585. The van der Waals surface area contributed by atoms with E-state index in [-0.39, 0.29) is 21.5 Å². The fraction of sp³-hybridized carbons (Fsp3) is 0.238. The summed E-state index contributed by atoms with van der Waals surface area (Å²) in [5, 5.41) is 30.1. The summed E-state index contributed by atoms with van der Waals surface area (Å²) in [5.41, 5.74) is 0.324. The van der Waals surface area contributed by atoms with Gasteiger partial charge in [0.2, 0.25) is 0 Å².